The molecule has 0 fully saturated rings. The van der Waals surface area contributed by atoms with Gasteiger partial charge < -0.3 is 18.9 Å². The molecule has 41 heavy (non-hydrogen) atoms. The molecule has 0 saturated carbocycles. The van der Waals surface area contributed by atoms with Gasteiger partial charge in [0.25, 0.3) is 10.0 Å². The normalized spacial score (nSPS) is 14.0. The van der Waals surface area contributed by atoms with Gasteiger partial charge >= 0.3 is 11.9 Å². The zero-order chi connectivity index (χ0) is 29.5. The van der Waals surface area contributed by atoms with E-state index >= 15 is 0 Å². The summed E-state index contributed by atoms with van der Waals surface area (Å²) in [7, 11) is -1.18. The van der Waals surface area contributed by atoms with Gasteiger partial charge in [-0.3, -0.25) is 9.59 Å². The maximum absolute atomic E-state index is 14.3. The molecule has 1 aliphatic carbocycles. The van der Waals surface area contributed by atoms with Crippen LogP contribution in [0.15, 0.2) is 65.6 Å². The second-order valence-corrected chi connectivity index (χ2v) is 11.4. The van der Waals surface area contributed by atoms with Crippen molar-refractivity contribution in [3.05, 3.63) is 77.4 Å². The number of fused-ring (bicyclic) bond motifs is 5. The topological polar surface area (TPSA) is 110 Å². The molecule has 5 rings (SSSR count). The van der Waals surface area contributed by atoms with Gasteiger partial charge in [-0.15, -0.1) is 0 Å². The van der Waals surface area contributed by atoms with E-state index in [0.717, 1.165) is 5.56 Å². The van der Waals surface area contributed by atoms with Crippen LogP contribution in [0.2, 0.25) is 0 Å². The number of hydrogen-bond acceptors (Lipinski definition) is 8. The average molecular weight is 578 g/mol. The van der Waals surface area contributed by atoms with Crippen molar-refractivity contribution in [2.75, 3.05) is 27.4 Å². The third-order valence-corrected chi connectivity index (χ3v) is 9.03. The van der Waals surface area contributed by atoms with Crippen LogP contribution < -0.4 is 9.47 Å². The average Bonchev–Trinajstić information content (AvgIpc) is 3.46. The Morgan fingerprint density at radius 2 is 1.46 bits per heavy atom. The number of methoxy groups -OCH3 is 2. The van der Waals surface area contributed by atoms with Crippen LogP contribution in [0.4, 0.5) is 0 Å². The molecule has 9 nitrogen and oxygen atoms in total. The van der Waals surface area contributed by atoms with Crippen molar-refractivity contribution >= 4 is 32.9 Å². The highest BCUT2D eigenvalue weighted by Crippen LogP contribution is 2.56. The summed E-state index contributed by atoms with van der Waals surface area (Å²) in [6.45, 7) is 5.29. The summed E-state index contributed by atoms with van der Waals surface area (Å²) in [5.74, 6) is -3.10. The van der Waals surface area contributed by atoms with Crippen LogP contribution in [-0.2, 0) is 29.1 Å². The highest BCUT2D eigenvalue weighted by molar-refractivity contribution is 7.90. The molecule has 0 spiro atoms. The number of ether oxygens (including phenoxy) is 4. The quantitative estimate of drug-likeness (QED) is 0.201. The molecule has 1 atom stereocenters. The molecule has 0 saturated heterocycles. The first-order chi connectivity index (χ1) is 19.7. The molecule has 0 N–H and O–H groups in total. The van der Waals surface area contributed by atoms with E-state index in [9.17, 15) is 18.0 Å². The minimum absolute atomic E-state index is 0.0523. The number of aryl methyl sites for hydroxylation is 1. The molecule has 4 aromatic rings. The summed E-state index contributed by atoms with van der Waals surface area (Å²) in [5.41, 5.74) is 3.19. The Balaban J connectivity index is 1.92. The van der Waals surface area contributed by atoms with Crippen molar-refractivity contribution < 1.29 is 37.0 Å². The van der Waals surface area contributed by atoms with Gasteiger partial charge in [-0.25, -0.2) is 12.4 Å². The van der Waals surface area contributed by atoms with E-state index in [-0.39, 0.29) is 18.1 Å². The number of carbonyl (C=O) groups is 2. The first-order valence-corrected chi connectivity index (χ1v) is 14.7. The van der Waals surface area contributed by atoms with Gasteiger partial charge in [-0.1, -0.05) is 35.9 Å². The minimum atomic E-state index is -4.14. The SMILES string of the molecule is CCOC(=O)C(C(=O)OCC)C1c2cc(OC)c(OC)cc2-c2c1c1ccccc1n2S(=O)(=O)c1ccc(C)cc1. The molecule has 1 heterocycles. The summed E-state index contributed by atoms with van der Waals surface area (Å²) in [5, 5.41) is 0.580. The number of benzene rings is 3. The lowest BCUT2D eigenvalue weighted by Gasteiger charge is -2.23. The zero-order valence-corrected chi connectivity index (χ0v) is 24.3. The molecular weight excluding hydrogens is 546 g/mol. The first-order valence-electron chi connectivity index (χ1n) is 13.2. The second-order valence-electron chi connectivity index (χ2n) is 9.62. The van der Waals surface area contributed by atoms with Gasteiger partial charge in [0.1, 0.15) is 0 Å². The summed E-state index contributed by atoms with van der Waals surface area (Å²) in [6.07, 6.45) is 0. The Labute approximate surface area is 238 Å². The smallest absolute Gasteiger partial charge is 0.321 e. The summed E-state index contributed by atoms with van der Waals surface area (Å²) in [6, 6.07) is 17.0. The standard InChI is InChI=1S/C31H31NO8S/c1-6-39-30(33)28(31(34)40-7-2)26-21-16-24(37-4)25(38-5)17-22(21)29-27(26)20-10-8-9-11-23(20)32(29)41(35,36)19-14-12-18(3)13-15-19/h8-17,26,28H,6-7H2,1-5H3. The fourth-order valence-electron chi connectivity index (χ4n) is 5.56. The monoisotopic (exact) mass is 577 g/mol. The molecule has 3 aromatic carbocycles. The largest absolute Gasteiger partial charge is 0.493 e. The lowest BCUT2D eigenvalue weighted by atomic mass is 9.83. The Hall–Kier alpha value is -4.31. The van der Waals surface area contributed by atoms with Crippen molar-refractivity contribution in [2.45, 2.75) is 31.6 Å². The molecule has 0 radical (unpaired) electrons. The number of hydrogen-bond donors (Lipinski definition) is 0. The molecule has 1 aliphatic rings. The Morgan fingerprint density at radius 3 is 2.05 bits per heavy atom. The molecular formula is C31H31NO8S. The molecule has 1 aromatic heterocycles. The number of nitrogens with zero attached hydrogens (tertiary/aromatic N) is 1. The molecule has 0 amide bonds. The van der Waals surface area contributed by atoms with E-state index in [2.05, 4.69) is 0 Å². The summed E-state index contributed by atoms with van der Waals surface area (Å²) >= 11 is 0. The van der Waals surface area contributed by atoms with Crippen molar-refractivity contribution in [1.29, 1.82) is 0 Å². The highest BCUT2D eigenvalue weighted by Gasteiger charge is 2.48. The van der Waals surface area contributed by atoms with Crippen LogP contribution in [0.1, 0.15) is 36.5 Å². The van der Waals surface area contributed by atoms with Crippen LogP contribution in [-0.4, -0.2) is 51.8 Å². The third-order valence-electron chi connectivity index (χ3n) is 7.30. The Morgan fingerprint density at radius 1 is 0.878 bits per heavy atom. The van der Waals surface area contributed by atoms with Gasteiger partial charge in [0.15, 0.2) is 17.4 Å². The van der Waals surface area contributed by atoms with Crippen LogP contribution in [0.5, 0.6) is 11.5 Å². The van der Waals surface area contributed by atoms with Crippen molar-refractivity contribution in [2.24, 2.45) is 5.92 Å². The van der Waals surface area contributed by atoms with E-state index in [4.69, 9.17) is 18.9 Å². The molecule has 214 valence electrons. The fraction of sp³-hybridized carbons (Fsp3) is 0.290. The summed E-state index contributed by atoms with van der Waals surface area (Å²) in [4.78, 5) is 27.0. The highest BCUT2D eigenvalue weighted by atomic mass is 32.2. The van der Waals surface area contributed by atoms with E-state index in [1.807, 2.05) is 6.92 Å². The Kier molecular flexibility index (Phi) is 7.52. The predicted molar refractivity (Wildman–Crippen MR) is 153 cm³/mol. The van der Waals surface area contributed by atoms with E-state index < -0.39 is 33.8 Å². The van der Waals surface area contributed by atoms with Crippen molar-refractivity contribution in [1.82, 2.24) is 3.97 Å². The fourth-order valence-corrected chi connectivity index (χ4v) is 7.11. The van der Waals surface area contributed by atoms with Crippen LogP contribution in [0.25, 0.3) is 22.2 Å². The van der Waals surface area contributed by atoms with Crippen molar-refractivity contribution in [3.63, 3.8) is 0 Å². The number of aromatic nitrogens is 1. The number of para-hydroxylation sites is 1. The molecule has 0 bridgehead atoms. The second kappa shape index (κ2) is 10.9. The maximum atomic E-state index is 14.3. The van der Waals surface area contributed by atoms with Crippen LogP contribution >= 0.6 is 0 Å². The predicted octanol–water partition coefficient (Wildman–Crippen LogP) is 5.06. The zero-order valence-electron chi connectivity index (χ0n) is 23.5. The first kappa shape index (κ1) is 28.2. The van der Waals surface area contributed by atoms with Gasteiger partial charge in [-0.05, 0) is 62.2 Å². The van der Waals surface area contributed by atoms with Crippen LogP contribution in [0.3, 0.4) is 0 Å². The molecule has 0 aliphatic heterocycles. The van der Waals surface area contributed by atoms with E-state index in [1.165, 1.54) is 18.2 Å². The van der Waals surface area contributed by atoms with Crippen LogP contribution in [0, 0.1) is 12.8 Å². The summed E-state index contributed by atoms with van der Waals surface area (Å²) < 4.78 is 51.8. The number of rotatable bonds is 9. The van der Waals surface area contributed by atoms with Gasteiger partial charge in [0, 0.05) is 16.9 Å². The number of esters is 2. The van der Waals surface area contributed by atoms with E-state index in [1.54, 1.807) is 74.5 Å². The minimum Gasteiger partial charge on any atom is -0.493 e. The van der Waals surface area contributed by atoms with Gasteiger partial charge in [-0.2, -0.15) is 0 Å². The Bertz CT molecular complexity index is 1740. The third kappa shape index (κ3) is 4.52. The lowest BCUT2D eigenvalue weighted by molar-refractivity contribution is -0.162. The maximum Gasteiger partial charge on any atom is 0.321 e. The molecule has 1 unspecified atom stereocenters. The molecule has 10 heteroatoms. The lowest BCUT2D eigenvalue weighted by Crippen LogP contribution is -2.33. The number of carbonyl (C=O) groups excluding carboxylic acids is 2. The van der Waals surface area contributed by atoms with Crippen molar-refractivity contribution in [3.8, 4) is 22.8 Å². The van der Waals surface area contributed by atoms with E-state index in [0.29, 0.717) is 44.8 Å². The van der Waals surface area contributed by atoms with Gasteiger partial charge in [0.2, 0.25) is 0 Å². The van der Waals surface area contributed by atoms with Gasteiger partial charge in [0.05, 0.1) is 43.5 Å².